The summed E-state index contributed by atoms with van der Waals surface area (Å²) in [5.74, 6) is 1.04. The van der Waals surface area contributed by atoms with Crippen molar-refractivity contribution in [3.05, 3.63) is 46.2 Å². The van der Waals surface area contributed by atoms with E-state index in [1.807, 2.05) is 31.2 Å². The minimum absolute atomic E-state index is 0.449. The number of nitrogens with zero attached hydrogens (tertiary/aromatic N) is 2. The Morgan fingerprint density at radius 3 is 2.78 bits per heavy atom. The molecule has 2 rings (SSSR count). The van der Waals surface area contributed by atoms with Gasteiger partial charge in [0, 0.05) is 10.0 Å². The average Bonchev–Trinajstić information content (AvgIpc) is 2.38. The van der Waals surface area contributed by atoms with Gasteiger partial charge in [0.25, 0.3) is 0 Å². The van der Waals surface area contributed by atoms with Crippen molar-refractivity contribution >= 4 is 21.7 Å². The van der Waals surface area contributed by atoms with Crippen molar-refractivity contribution in [2.24, 2.45) is 0 Å². The van der Waals surface area contributed by atoms with Gasteiger partial charge in [-0.1, -0.05) is 41.1 Å². The van der Waals surface area contributed by atoms with Crippen LogP contribution in [-0.4, -0.2) is 9.97 Å². The van der Waals surface area contributed by atoms with Crippen molar-refractivity contribution in [1.29, 1.82) is 0 Å². The number of halogens is 1. The van der Waals surface area contributed by atoms with Crippen molar-refractivity contribution in [3.8, 4) is 5.88 Å². The highest BCUT2D eigenvalue weighted by Crippen LogP contribution is 2.22. The van der Waals surface area contributed by atoms with E-state index in [1.54, 1.807) is 0 Å². The van der Waals surface area contributed by atoms with E-state index in [1.165, 1.54) is 6.33 Å². The maximum atomic E-state index is 5.79. The molecule has 0 bridgehead atoms. The molecule has 1 heterocycles. The first-order chi connectivity index (χ1) is 8.72. The van der Waals surface area contributed by atoms with Crippen molar-refractivity contribution < 1.29 is 4.74 Å². The molecular weight excluding hydrogens is 294 g/mol. The SMILES string of the molecule is CCc1c(N)ncnc1OCc1ccccc1Br. The lowest BCUT2D eigenvalue weighted by Crippen LogP contribution is -2.05. The number of nitrogens with two attached hydrogens (primary N) is 1. The molecule has 0 aliphatic heterocycles. The lowest BCUT2D eigenvalue weighted by molar-refractivity contribution is 0.289. The third-order valence-electron chi connectivity index (χ3n) is 2.61. The van der Waals surface area contributed by atoms with Crippen LogP contribution >= 0.6 is 15.9 Å². The quantitative estimate of drug-likeness (QED) is 0.943. The van der Waals surface area contributed by atoms with Gasteiger partial charge in [0.1, 0.15) is 18.8 Å². The van der Waals surface area contributed by atoms with E-state index < -0.39 is 0 Å². The number of aromatic nitrogens is 2. The van der Waals surface area contributed by atoms with Gasteiger partial charge in [0.2, 0.25) is 5.88 Å². The van der Waals surface area contributed by atoms with Crippen molar-refractivity contribution in [1.82, 2.24) is 9.97 Å². The Balaban J connectivity index is 2.16. The van der Waals surface area contributed by atoms with Gasteiger partial charge in [-0.2, -0.15) is 0 Å². The zero-order valence-corrected chi connectivity index (χ0v) is 11.6. The van der Waals surface area contributed by atoms with Crippen LogP contribution in [0.5, 0.6) is 5.88 Å². The topological polar surface area (TPSA) is 61.0 Å². The van der Waals surface area contributed by atoms with Crippen LogP contribution in [0.1, 0.15) is 18.1 Å². The molecule has 0 atom stereocenters. The molecule has 1 aromatic carbocycles. The first-order valence-corrected chi connectivity index (χ1v) is 6.47. The third-order valence-corrected chi connectivity index (χ3v) is 3.39. The standard InChI is InChI=1S/C13H14BrN3O/c1-2-10-12(15)16-8-17-13(10)18-7-9-5-3-4-6-11(9)14/h3-6,8H,2,7H2,1H3,(H2,15,16,17). The monoisotopic (exact) mass is 307 g/mol. The molecule has 5 heteroatoms. The second kappa shape index (κ2) is 5.82. The van der Waals surface area contributed by atoms with E-state index in [9.17, 15) is 0 Å². The minimum atomic E-state index is 0.449. The highest BCUT2D eigenvalue weighted by atomic mass is 79.9. The van der Waals surface area contributed by atoms with E-state index in [2.05, 4.69) is 25.9 Å². The largest absolute Gasteiger partial charge is 0.472 e. The minimum Gasteiger partial charge on any atom is -0.472 e. The number of nitrogen functional groups attached to an aromatic ring is 1. The van der Waals surface area contributed by atoms with Gasteiger partial charge in [0.15, 0.2) is 0 Å². The number of hydrogen-bond acceptors (Lipinski definition) is 4. The number of hydrogen-bond donors (Lipinski definition) is 1. The summed E-state index contributed by atoms with van der Waals surface area (Å²) in [4.78, 5) is 8.09. The summed E-state index contributed by atoms with van der Waals surface area (Å²) in [6.45, 7) is 2.45. The van der Waals surface area contributed by atoms with Crippen molar-refractivity contribution in [2.45, 2.75) is 20.0 Å². The third kappa shape index (κ3) is 2.79. The van der Waals surface area contributed by atoms with Gasteiger partial charge >= 0.3 is 0 Å². The maximum Gasteiger partial charge on any atom is 0.222 e. The Bertz CT molecular complexity index is 546. The van der Waals surface area contributed by atoms with E-state index in [0.717, 1.165) is 22.0 Å². The van der Waals surface area contributed by atoms with Crippen LogP contribution in [0.2, 0.25) is 0 Å². The summed E-state index contributed by atoms with van der Waals surface area (Å²) in [7, 11) is 0. The lowest BCUT2D eigenvalue weighted by Gasteiger charge is -2.11. The summed E-state index contributed by atoms with van der Waals surface area (Å²) in [5.41, 5.74) is 7.71. The number of ether oxygens (including phenoxy) is 1. The average molecular weight is 308 g/mol. The Hall–Kier alpha value is -1.62. The number of benzene rings is 1. The fraction of sp³-hybridized carbons (Fsp3) is 0.231. The Morgan fingerprint density at radius 2 is 2.06 bits per heavy atom. The van der Waals surface area contributed by atoms with Crippen LogP contribution in [0.15, 0.2) is 35.1 Å². The van der Waals surface area contributed by atoms with Crippen LogP contribution in [0.25, 0.3) is 0 Å². The summed E-state index contributed by atoms with van der Waals surface area (Å²) in [6.07, 6.45) is 2.17. The molecule has 2 N–H and O–H groups in total. The zero-order valence-electron chi connectivity index (χ0n) is 10.1. The van der Waals surface area contributed by atoms with Gasteiger partial charge in [-0.05, 0) is 12.5 Å². The predicted octanol–water partition coefficient (Wildman–Crippen LogP) is 2.96. The van der Waals surface area contributed by atoms with Gasteiger partial charge < -0.3 is 10.5 Å². The first kappa shape index (κ1) is 12.8. The Kier molecular flexibility index (Phi) is 4.15. The van der Waals surface area contributed by atoms with Crippen molar-refractivity contribution in [3.63, 3.8) is 0 Å². The molecule has 0 radical (unpaired) electrons. The van der Waals surface area contributed by atoms with Crippen molar-refractivity contribution in [2.75, 3.05) is 5.73 Å². The molecule has 2 aromatic rings. The van der Waals surface area contributed by atoms with E-state index in [-0.39, 0.29) is 0 Å². The predicted molar refractivity (Wildman–Crippen MR) is 74.3 cm³/mol. The first-order valence-electron chi connectivity index (χ1n) is 5.68. The highest BCUT2D eigenvalue weighted by molar-refractivity contribution is 9.10. The Morgan fingerprint density at radius 1 is 1.28 bits per heavy atom. The lowest BCUT2D eigenvalue weighted by atomic mass is 10.2. The Labute approximate surface area is 114 Å². The van der Waals surface area contributed by atoms with Crippen LogP contribution in [-0.2, 0) is 13.0 Å². The van der Waals surface area contributed by atoms with E-state index >= 15 is 0 Å². The summed E-state index contributed by atoms with van der Waals surface area (Å²) in [6, 6.07) is 7.92. The zero-order chi connectivity index (χ0) is 13.0. The molecule has 0 spiro atoms. The summed E-state index contributed by atoms with van der Waals surface area (Å²) < 4.78 is 6.73. The molecule has 0 saturated heterocycles. The molecule has 0 aliphatic carbocycles. The van der Waals surface area contributed by atoms with Crippen LogP contribution in [0.4, 0.5) is 5.82 Å². The van der Waals surface area contributed by atoms with Crippen LogP contribution < -0.4 is 10.5 Å². The van der Waals surface area contributed by atoms with E-state index in [4.69, 9.17) is 10.5 Å². The van der Waals surface area contributed by atoms with Gasteiger partial charge in [0.05, 0.1) is 5.56 Å². The second-order valence-electron chi connectivity index (χ2n) is 3.78. The molecular formula is C13H14BrN3O. The number of rotatable bonds is 4. The fourth-order valence-electron chi connectivity index (χ4n) is 1.63. The molecule has 0 aliphatic rings. The maximum absolute atomic E-state index is 5.79. The van der Waals surface area contributed by atoms with Gasteiger partial charge in [-0.15, -0.1) is 0 Å². The molecule has 0 saturated carbocycles. The molecule has 4 nitrogen and oxygen atoms in total. The molecule has 1 aromatic heterocycles. The second-order valence-corrected chi connectivity index (χ2v) is 4.63. The smallest absolute Gasteiger partial charge is 0.222 e. The molecule has 0 unspecified atom stereocenters. The normalized spacial score (nSPS) is 10.3. The summed E-state index contributed by atoms with van der Waals surface area (Å²) in [5, 5.41) is 0. The van der Waals surface area contributed by atoms with Crippen LogP contribution in [0.3, 0.4) is 0 Å². The van der Waals surface area contributed by atoms with E-state index in [0.29, 0.717) is 18.3 Å². The fourth-order valence-corrected chi connectivity index (χ4v) is 2.03. The molecule has 94 valence electrons. The van der Waals surface area contributed by atoms with Gasteiger partial charge in [-0.25, -0.2) is 9.97 Å². The highest BCUT2D eigenvalue weighted by Gasteiger charge is 2.09. The van der Waals surface area contributed by atoms with Gasteiger partial charge in [-0.3, -0.25) is 0 Å². The molecule has 0 amide bonds. The van der Waals surface area contributed by atoms with Crippen LogP contribution in [0, 0.1) is 0 Å². The summed E-state index contributed by atoms with van der Waals surface area (Å²) >= 11 is 3.48. The molecule has 0 fully saturated rings. The number of anilines is 1. The molecule has 18 heavy (non-hydrogen) atoms.